The molecule has 23 heavy (non-hydrogen) atoms. The molecule has 0 aliphatic rings. The lowest BCUT2D eigenvalue weighted by atomic mass is 10.1. The molecule has 1 aromatic heterocycles. The molecule has 3 rings (SSSR count). The fourth-order valence-electron chi connectivity index (χ4n) is 2.33. The fraction of sp³-hybridized carbons (Fsp3) is 0.0588. The van der Waals surface area contributed by atoms with Crippen LogP contribution in [0, 0.1) is 0 Å². The second kappa shape index (κ2) is 6.23. The van der Waals surface area contributed by atoms with Gasteiger partial charge in [0.15, 0.2) is 0 Å². The van der Waals surface area contributed by atoms with E-state index in [4.69, 9.17) is 4.74 Å². The highest BCUT2D eigenvalue weighted by Gasteiger charge is 2.14. The number of ether oxygens (including phenoxy) is 1. The van der Waals surface area contributed by atoms with Gasteiger partial charge >= 0.3 is 12.0 Å². The molecule has 6 nitrogen and oxygen atoms in total. The van der Waals surface area contributed by atoms with E-state index < -0.39 is 12.0 Å². The maximum Gasteiger partial charge on any atom is 0.338 e. The van der Waals surface area contributed by atoms with Crippen molar-refractivity contribution in [2.75, 3.05) is 17.7 Å². The van der Waals surface area contributed by atoms with Gasteiger partial charge in [0.25, 0.3) is 0 Å². The number of para-hydroxylation sites is 1. The van der Waals surface area contributed by atoms with E-state index in [2.05, 4.69) is 15.6 Å². The third kappa shape index (κ3) is 3.16. The number of anilines is 2. The fourth-order valence-corrected chi connectivity index (χ4v) is 2.33. The first-order valence-corrected chi connectivity index (χ1v) is 7.00. The third-order valence-electron chi connectivity index (χ3n) is 3.36. The van der Waals surface area contributed by atoms with E-state index in [-0.39, 0.29) is 0 Å². The zero-order valence-corrected chi connectivity index (χ0v) is 12.4. The van der Waals surface area contributed by atoms with Gasteiger partial charge in [0.05, 0.1) is 12.7 Å². The topological polar surface area (TPSA) is 83.2 Å². The van der Waals surface area contributed by atoms with Gasteiger partial charge in [-0.05, 0) is 30.3 Å². The maximum absolute atomic E-state index is 12.1. The number of esters is 1. The van der Waals surface area contributed by atoms with Crippen LogP contribution in [0.15, 0.2) is 54.7 Å². The van der Waals surface area contributed by atoms with Crippen LogP contribution in [0.4, 0.5) is 16.2 Å². The van der Waals surface area contributed by atoms with E-state index >= 15 is 0 Å². The Kier molecular flexibility index (Phi) is 3.97. The first-order valence-electron chi connectivity index (χ1n) is 7.00. The summed E-state index contributed by atoms with van der Waals surface area (Å²) in [5, 5.41) is 6.17. The predicted octanol–water partition coefficient (Wildman–Crippen LogP) is 3.60. The highest BCUT2D eigenvalue weighted by Crippen LogP contribution is 2.24. The van der Waals surface area contributed by atoms with Crippen molar-refractivity contribution in [1.82, 2.24) is 4.98 Å². The van der Waals surface area contributed by atoms with Crippen LogP contribution in [0.1, 0.15) is 10.4 Å². The summed E-state index contributed by atoms with van der Waals surface area (Å²) in [5.74, 6) is -0.457. The lowest BCUT2D eigenvalue weighted by Gasteiger charge is -2.09. The van der Waals surface area contributed by atoms with Gasteiger partial charge in [-0.2, -0.15) is 0 Å². The lowest BCUT2D eigenvalue weighted by Crippen LogP contribution is -2.19. The molecule has 0 aliphatic heterocycles. The van der Waals surface area contributed by atoms with Crippen LogP contribution in [0.2, 0.25) is 0 Å². The maximum atomic E-state index is 12.1. The summed E-state index contributed by atoms with van der Waals surface area (Å²) >= 11 is 0. The molecule has 0 unspecified atom stereocenters. The molecule has 3 aromatic rings. The number of amides is 2. The number of fused-ring (bicyclic) bond motifs is 1. The van der Waals surface area contributed by atoms with Gasteiger partial charge in [-0.3, -0.25) is 0 Å². The van der Waals surface area contributed by atoms with Crippen LogP contribution < -0.4 is 10.6 Å². The molecule has 116 valence electrons. The average Bonchev–Trinajstić information content (AvgIpc) is 3.02. The van der Waals surface area contributed by atoms with Gasteiger partial charge in [0.2, 0.25) is 0 Å². The van der Waals surface area contributed by atoms with E-state index in [9.17, 15) is 9.59 Å². The Morgan fingerprint density at radius 3 is 2.48 bits per heavy atom. The number of hydrogen-bond acceptors (Lipinski definition) is 3. The number of hydrogen-bond donors (Lipinski definition) is 3. The van der Waals surface area contributed by atoms with Crippen LogP contribution >= 0.6 is 0 Å². The molecule has 0 spiro atoms. The summed E-state index contributed by atoms with van der Waals surface area (Å²) in [5.41, 5.74) is 2.30. The number of rotatable bonds is 3. The van der Waals surface area contributed by atoms with Crippen molar-refractivity contribution in [3.8, 4) is 0 Å². The van der Waals surface area contributed by atoms with Crippen molar-refractivity contribution in [2.45, 2.75) is 0 Å². The van der Waals surface area contributed by atoms with Gasteiger partial charge in [-0.25, -0.2) is 9.59 Å². The van der Waals surface area contributed by atoms with Crippen molar-refractivity contribution >= 4 is 34.3 Å². The van der Waals surface area contributed by atoms with E-state index in [1.165, 1.54) is 7.11 Å². The second-order valence-corrected chi connectivity index (χ2v) is 4.90. The quantitative estimate of drug-likeness (QED) is 0.646. The number of aromatic nitrogens is 1. The normalized spacial score (nSPS) is 10.3. The van der Waals surface area contributed by atoms with Crippen molar-refractivity contribution in [1.29, 1.82) is 0 Å². The molecule has 0 bridgehead atoms. The van der Waals surface area contributed by atoms with Crippen LogP contribution in [-0.2, 0) is 4.74 Å². The molecule has 3 N–H and O–H groups in total. The number of methoxy groups -OCH3 is 1. The number of benzene rings is 2. The molecule has 0 fully saturated rings. The Morgan fingerprint density at radius 2 is 1.74 bits per heavy atom. The van der Waals surface area contributed by atoms with E-state index in [1.54, 1.807) is 36.5 Å². The number of aromatic amines is 1. The lowest BCUT2D eigenvalue weighted by molar-refractivity contribution is 0.0603. The van der Waals surface area contributed by atoms with E-state index in [1.807, 2.05) is 18.2 Å². The van der Waals surface area contributed by atoms with Gasteiger partial charge in [-0.15, -0.1) is 0 Å². The minimum Gasteiger partial charge on any atom is -0.465 e. The molecule has 0 atom stereocenters. The van der Waals surface area contributed by atoms with Crippen molar-refractivity contribution in [2.24, 2.45) is 0 Å². The monoisotopic (exact) mass is 309 g/mol. The minimum absolute atomic E-state index is 0.390. The summed E-state index contributed by atoms with van der Waals surface area (Å²) in [6.07, 6.45) is 1.73. The number of nitrogens with one attached hydrogen (secondary N) is 3. The largest absolute Gasteiger partial charge is 0.465 e. The Bertz CT molecular complexity index is 856. The summed E-state index contributed by atoms with van der Waals surface area (Å²) < 4.78 is 4.79. The molecule has 0 radical (unpaired) electrons. The Balaban J connectivity index is 1.85. The highest BCUT2D eigenvalue weighted by atomic mass is 16.5. The van der Waals surface area contributed by atoms with Crippen molar-refractivity contribution in [3.05, 3.63) is 60.3 Å². The Labute approximate surface area is 132 Å². The molecular formula is C17H15N3O3. The highest BCUT2D eigenvalue weighted by molar-refractivity contribution is 6.07. The third-order valence-corrected chi connectivity index (χ3v) is 3.36. The van der Waals surface area contributed by atoms with Gasteiger partial charge in [0, 0.05) is 28.5 Å². The average molecular weight is 309 g/mol. The first kappa shape index (κ1) is 14.6. The van der Waals surface area contributed by atoms with Crippen LogP contribution in [0.25, 0.3) is 10.9 Å². The number of carbonyl (C=O) groups excluding carboxylic acids is 2. The summed E-state index contributed by atoms with van der Waals surface area (Å²) in [6, 6.07) is 13.8. The zero-order chi connectivity index (χ0) is 16.2. The van der Waals surface area contributed by atoms with Crippen LogP contribution in [-0.4, -0.2) is 24.1 Å². The van der Waals surface area contributed by atoms with Crippen molar-refractivity contribution < 1.29 is 14.3 Å². The summed E-state index contributed by atoms with van der Waals surface area (Å²) in [6.45, 7) is 0. The molecule has 2 aromatic carbocycles. The zero-order valence-electron chi connectivity index (χ0n) is 12.4. The number of carbonyl (C=O) groups is 2. The Hall–Kier alpha value is -3.28. The Morgan fingerprint density at radius 1 is 1.00 bits per heavy atom. The summed E-state index contributed by atoms with van der Waals surface area (Å²) in [7, 11) is 1.32. The van der Waals surface area contributed by atoms with Crippen LogP contribution in [0.5, 0.6) is 0 Å². The smallest absolute Gasteiger partial charge is 0.338 e. The second-order valence-electron chi connectivity index (χ2n) is 4.90. The molecule has 2 amide bonds. The summed E-state index contributed by atoms with van der Waals surface area (Å²) in [4.78, 5) is 27.0. The van der Waals surface area contributed by atoms with E-state index in [0.29, 0.717) is 16.9 Å². The molecule has 6 heteroatoms. The minimum atomic E-state index is -0.457. The van der Waals surface area contributed by atoms with Gasteiger partial charge in [-0.1, -0.05) is 18.2 Å². The van der Waals surface area contributed by atoms with Crippen LogP contribution in [0.3, 0.4) is 0 Å². The number of urea groups is 1. The predicted molar refractivity (Wildman–Crippen MR) is 88.7 cm³/mol. The molecule has 0 saturated heterocycles. The molecule has 0 aliphatic carbocycles. The van der Waals surface area contributed by atoms with Crippen molar-refractivity contribution in [3.63, 3.8) is 0 Å². The van der Waals surface area contributed by atoms with Gasteiger partial charge < -0.3 is 20.4 Å². The first-order chi connectivity index (χ1) is 11.2. The number of H-pyrrole nitrogens is 1. The SMILES string of the molecule is COC(=O)c1cc(NC(=O)Nc2ccccc2)cc2[nH]ccc12. The molecular weight excluding hydrogens is 294 g/mol. The van der Waals surface area contributed by atoms with E-state index in [0.717, 1.165) is 10.9 Å². The van der Waals surface area contributed by atoms with Gasteiger partial charge in [0.1, 0.15) is 0 Å². The molecule has 1 heterocycles. The standard InChI is InChI=1S/C17H15N3O3/c1-23-16(21)14-9-12(10-15-13(14)7-8-18-15)20-17(22)19-11-5-3-2-4-6-11/h2-10,18H,1H3,(H2,19,20,22). The molecule has 0 saturated carbocycles.